The number of rotatable bonds is 5. The third kappa shape index (κ3) is 3.32. The van der Waals surface area contributed by atoms with E-state index in [9.17, 15) is 0 Å². The lowest BCUT2D eigenvalue weighted by atomic mass is 10.1. The van der Waals surface area contributed by atoms with Gasteiger partial charge in [0.2, 0.25) is 5.95 Å². The molecule has 0 aliphatic heterocycles. The van der Waals surface area contributed by atoms with E-state index in [0.29, 0.717) is 12.5 Å². The van der Waals surface area contributed by atoms with Crippen molar-refractivity contribution in [2.24, 2.45) is 5.73 Å². The van der Waals surface area contributed by atoms with Gasteiger partial charge in [0.15, 0.2) is 0 Å². The summed E-state index contributed by atoms with van der Waals surface area (Å²) in [6.45, 7) is 0.505. The van der Waals surface area contributed by atoms with E-state index in [1.54, 1.807) is 0 Å². The maximum atomic E-state index is 5.84. The van der Waals surface area contributed by atoms with Gasteiger partial charge in [-0.05, 0) is 24.1 Å². The molecule has 1 aromatic heterocycles. The maximum Gasteiger partial charge on any atom is 0.243 e. The van der Waals surface area contributed by atoms with Gasteiger partial charge in [0.05, 0.1) is 5.52 Å². The fourth-order valence-corrected chi connectivity index (χ4v) is 2.22. The molecule has 3 rings (SSSR count). The van der Waals surface area contributed by atoms with Crippen LogP contribution < -0.4 is 11.1 Å². The molecule has 3 N–H and O–H groups in total. The highest BCUT2D eigenvalue weighted by Gasteiger charge is 2.10. The summed E-state index contributed by atoms with van der Waals surface area (Å²) < 4.78 is 0. The Kier molecular flexibility index (Phi) is 4.02. The van der Waals surface area contributed by atoms with Crippen LogP contribution in [0.4, 0.5) is 5.95 Å². The van der Waals surface area contributed by atoms with E-state index in [2.05, 4.69) is 32.6 Å². The van der Waals surface area contributed by atoms with Crippen LogP contribution in [-0.2, 0) is 6.42 Å². The highest BCUT2D eigenvalue weighted by molar-refractivity contribution is 5.74. The molecule has 21 heavy (non-hydrogen) atoms. The molecule has 0 bridgehead atoms. The van der Waals surface area contributed by atoms with Crippen molar-refractivity contribution in [2.45, 2.75) is 12.5 Å². The van der Waals surface area contributed by atoms with Gasteiger partial charge in [0.1, 0.15) is 5.52 Å². The summed E-state index contributed by atoms with van der Waals surface area (Å²) in [4.78, 5) is 4.46. The molecule has 2 aromatic carbocycles. The summed E-state index contributed by atoms with van der Waals surface area (Å²) >= 11 is 0. The Bertz CT molecular complexity index is 714. The standard InChI is InChI=1S/C16H17N5/c17-11-13(10-12-6-2-1-3-7-12)18-16-19-14-8-4-5-9-15(14)20-21-16/h1-9,13H,10-11,17H2,(H,18,19,21). The van der Waals surface area contributed by atoms with E-state index in [1.165, 1.54) is 5.56 Å². The second-order valence-electron chi connectivity index (χ2n) is 4.89. The molecular weight excluding hydrogens is 262 g/mol. The number of hydrogen-bond donors (Lipinski definition) is 2. The summed E-state index contributed by atoms with van der Waals surface area (Å²) in [6, 6.07) is 18.0. The average Bonchev–Trinajstić information content (AvgIpc) is 2.55. The Labute approximate surface area is 123 Å². The average molecular weight is 279 g/mol. The van der Waals surface area contributed by atoms with Crippen molar-refractivity contribution < 1.29 is 0 Å². The lowest BCUT2D eigenvalue weighted by Crippen LogP contribution is -2.31. The van der Waals surface area contributed by atoms with Crippen molar-refractivity contribution in [2.75, 3.05) is 11.9 Å². The van der Waals surface area contributed by atoms with Gasteiger partial charge in [0.25, 0.3) is 0 Å². The van der Waals surface area contributed by atoms with Crippen LogP contribution in [-0.4, -0.2) is 27.8 Å². The van der Waals surface area contributed by atoms with Crippen LogP contribution in [0.25, 0.3) is 11.0 Å². The first kappa shape index (κ1) is 13.5. The zero-order valence-corrected chi connectivity index (χ0v) is 11.6. The molecule has 0 radical (unpaired) electrons. The van der Waals surface area contributed by atoms with Crippen LogP contribution in [0.3, 0.4) is 0 Å². The Morgan fingerprint density at radius 2 is 1.62 bits per heavy atom. The van der Waals surface area contributed by atoms with E-state index >= 15 is 0 Å². The second-order valence-corrected chi connectivity index (χ2v) is 4.89. The first-order valence-corrected chi connectivity index (χ1v) is 6.95. The fraction of sp³-hybridized carbons (Fsp3) is 0.188. The van der Waals surface area contributed by atoms with E-state index in [-0.39, 0.29) is 6.04 Å². The van der Waals surface area contributed by atoms with E-state index in [1.807, 2.05) is 42.5 Å². The van der Waals surface area contributed by atoms with Gasteiger partial charge in [-0.25, -0.2) is 4.98 Å². The zero-order chi connectivity index (χ0) is 14.5. The zero-order valence-electron chi connectivity index (χ0n) is 11.6. The molecule has 0 aliphatic carbocycles. The number of benzene rings is 2. The second kappa shape index (κ2) is 6.28. The number of hydrogen-bond acceptors (Lipinski definition) is 5. The summed E-state index contributed by atoms with van der Waals surface area (Å²) in [5.41, 5.74) is 8.69. The largest absolute Gasteiger partial charge is 0.349 e. The smallest absolute Gasteiger partial charge is 0.243 e. The van der Waals surface area contributed by atoms with E-state index in [4.69, 9.17) is 5.73 Å². The van der Waals surface area contributed by atoms with Crippen LogP contribution in [0.5, 0.6) is 0 Å². The minimum absolute atomic E-state index is 0.0790. The van der Waals surface area contributed by atoms with Gasteiger partial charge in [-0.15, -0.1) is 10.2 Å². The van der Waals surface area contributed by atoms with Gasteiger partial charge in [-0.1, -0.05) is 42.5 Å². The monoisotopic (exact) mass is 279 g/mol. The summed E-state index contributed by atoms with van der Waals surface area (Å²) in [5, 5.41) is 11.5. The third-order valence-electron chi connectivity index (χ3n) is 3.30. The number of nitrogens with two attached hydrogens (primary N) is 1. The van der Waals surface area contributed by atoms with Crippen molar-refractivity contribution in [1.29, 1.82) is 0 Å². The normalized spacial score (nSPS) is 12.2. The molecule has 3 aromatic rings. The highest BCUT2D eigenvalue weighted by atomic mass is 15.2. The Hall–Kier alpha value is -2.53. The molecule has 5 nitrogen and oxygen atoms in total. The highest BCUT2D eigenvalue weighted by Crippen LogP contribution is 2.11. The molecule has 0 fully saturated rings. The van der Waals surface area contributed by atoms with Crippen molar-refractivity contribution in [3.63, 3.8) is 0 Å². The third-order valence-corrected chi connectivity index (χ3v) is 3.30. The van der Waals surface area contributed by atoms with E-state index in [0.717, 1.165) is 17.5 Å². The molecule has 5 heteroatoms. The first-order valence-electron chi connectivity index (χ1n) is 6.95. The maximum absolute atomic E-state index is 5.84. The van der Waals surface area contributed by atoms with Gasteiger partial charge >= 0.3 is 0 Å². The molecule has 1 atom stereocenters. The molecule has 1 heterocycles. The van der Waals surface area contributed by atoms with E-state index < -0.39 is 0 Å². The number of anilines is 1. The molecule has 0 saturated carbocycles. The van der Waals surface area contributed by atoms with Crippen molar-refractivity contribution in [3.05, 3.63) is 60.2 Å². The number of nitrogens with one attached hydrogen (secondary N) is 1. The fourth-order valence-electron chi connectivity index (χ4n) is 2.22. The number of para-hydroxylation sites is 1. The molecule has 1 unspecified atom stereocenters. The van der Waals surface area contributed by atoms with Crippen LogP contribution in [0, 0.1) is 0 Å². The van der Waals surface area contributed by atoms with Crippen molar-refractivity contribution in [3.8, 4) is 0 Å². The number of fused-ring (bicyclic) bond motifs is 1. The summed E-state index contributed by atoms with van der Waals surface area (Å²) in [5.74, 6) is 0.514. The van der Waals surface area contributed by atoms with Gasteiger partial charge in [-0.2, -0.15) is 0 Å². The summed E-state index contributed by atoms with van der Waals surface area (Å²) in [7, 11) is 0. The first-order chi connectivity index (χ1) is 10.3. The van der Waals surface area contributed by atoms with Crippen LogP contribution >= 0.6 is 0 Å². The SMILES string of the molecule is NCC(Cc1ccccc1)Nc1nnc2ccccc2n1. The summed E-state index contributed by atoms with van der Waals surface area (Å²) in [6.07, 6.45) is 0.827. The topological polar surface area (TPSA) is 76.7 Å². The van der Waals surface area contributed by atoms with Crippen molar-refractivity contribution in [1.82, 2.24) is 15.2 Å². The van der Waals surface area contributed by atoms with Crippen LogP contribution in [0.1, 0.15) is 5.56 Å². The van der Waals surface area contributed by atoms with Gasteiger partial charge < -0.3 is 11.1 Å². The molecule has 0 saturated heterocycles. The Morgan fingerprint density at radius 3 is 2.38 bits per heavy atom. The lowest BCUT2D eigenvalue weighted by Gasteiger charge is -2.16. The minimum Gasteiger partial charge on any atom is -0.349 e. The lowest BCUT2D eigenvalue weighted by molar-refractivity contribution is 0.712. The van der Waals surface area contributed by atoms with Gasteiger partial charge in [0, 0.05) is 12.6 Å². The quantitative estimate of drug-likeness (QED) is 0.747. The molecule has 0 aliphatic rings. The van der Waals surface area contributed by atoms with Crippen molar-refractivity contribution >= 4 is 17.0 Å². The van der Waals surface area contributed by atoms with Crippen LogP contribution in [0.2, 0.25) is 0 Å². The number of aromatic nitrogens is 3. The van der Waals surface area contributed by atoms with Crippen LogP contribution in [0.15, 0.2) is 54.6 Å². The molecular formula is C16H17N5. The number of nitrogens with zero attached hydrogens (tertiary/aromatic N) is 3. The predicted molar refractivity (Wildman–Crippen MR) is 83.9 cm³/mol. The minimum atomic E-state index is 0.0790. The molecule has 106 valence electrons. The van der Waals surface area contributed by atoms with Gasteiger partial charge in [-0.3, -0.25) is 0 Å². The molecule has 0 spiro atoms. The Morgan fingerprint density at radius 1 is 0.905 bits per heavy atom. The molecule has 0 amide bonds. The Balaban J connectivity index is 1.76. The predicted octanol–water partition coefficient (Wildman–Crippen LogP) is 2.01.